The predicted molar refractivity (Wildman–Crippen MR) is 69.5 cm³/mol. The molecule has 0 atom stereocenters. The lowest BCUT2D eigenvalue weighted by Gasteiger charge is -2.05. The Morgan fingerprint density at radius 1 is 1.27 bits per heavy atom. The van der Waals surface area contributed by atoms with Crippen LogP contribution in [0, 0.1) is 0 Å². The number of alkyl halides is 1. The summed E-state index contributed by atoms with van der Waals surface area (Å²) in [4.78, 5) is 11.7. The Kier molecular flexibility index (Phi) is 5.95. The van der Waals surface area contributed by atoms with E-state index in [1.165, 1.54) is 0 Å². The van der Waals surface area contributed by atoms with Crippen molar-refractivity contribution in [1.29, 1.82) is 0 Å². The van der Waals surface area contributed by atoms with Crippen LogP contribution in [0.4, 0.5) is 0 Å². The van der Waals surface area contributed by atoms with Gasteiger partial charge in [-0.1, -0.05) is 28.1 Å². The van der Waals surface area contributed by atoms with E-state index in [-0.39, 0.29) is 5.91 Å². The molecular weight excluding hydrogens is 322 g/mol. The zero-order valence-corrected chi connectivity index (χ0v) is 11.5. The maximum atomic E-state index is 11.7. The van der Waals surface area contributed by atoms with Crippen LogP contribution < -0.4 is 5.32 Å². The standard InChI is InChI=1S/C11H13Br2NO/c12-7-3-4-8-14-11(15)9-5-1-2-6-10(9)13/h1-2,5-6H,3-4,7-8H2,(H,14,15). The smallest absolute Gasteiger partial charge is 0.252 e. The quantitative estimate of drug-likeness (QED) is 0.649. The fourth-order valence-corrected chi connectivity index (χ4v) is 2.02. The van der Waals surface area contributed by atoms with Gasteiger partial charge in [0.25, 0.3) is 5.91 Å². The second-order valence-electron chi connectivity index (χ2n) is 3.13. The minimum absolute atomic E-state index is 0.0166. The summed E-state index contributed by atoms with van der Waals surface area (Å²) in [5.74, 6) is -0.0166. The first-order chi connectivity index (χ1) is 7.25. The fraction of sp³-hybridized carbons (Fsp3) is 0.364. The summed E-state index contributed by atoms with van der Waals surface area (Å²) in [6, 6.07) is 7.43. The molecule has 0 saturated heterocycles. The number of rotatable bonds is 5. The van der Waals surface area contributed by atoms with E-state index >= 15 is 0 Å². The molecule has 0 saturated carbocycles. The Balaban J connectivity index is 2.44. The van der Waals surface area contributed by atoms with E-state index in [2.05, 4.69) is 37.2 Å². The normalized spacial score (nSPS) is 10.0. The zero-order valence-electron chi connectivity index (χ0n) is 8.30. The van der Waals surface area contributed by atoms with Gasteiger partial charge in [0.1, 0.15) is 0 Å². The first kappa shape index (κ1) is 12.7. The minimum atomic E-state index is -0.0166. The molecule has 0 heterocycles. The molecule has 1 amide bonds. The number of halogens is 2. The van der Waals surface area contributed by atoms with E-state index in [1.54, 1.807) is 0 Å². The summed E-state index contributed by atoms with van der Waals surface area (Å²) in [6.45, 7) is 0.728. The zero-order chi connectivity index (χ0) is 11.1. The largest absolute Gasteiger partial charge is 0.352 e. The molecule has 0 radical (unpaired) electrons. The van der Waals surface area contributed by atoms with Crippen molar-refractivity contribution >= 4 is 37.8 Å². The van der Waals surface area contributed by atoms with Crippen LogP contribution in [0.1, 0.15) is 23.2 Å². The molecule has 1 aromatic carbocycles. The van der Waals surface area contributed by atoms with Crippen LogP contribution in [-0.4, -0.2) is 17.8 Å². The van der Waals surface area contributed by atoms with Crippen molar-refractivity contribution in [3.8, 4) is 0 Å². The highest BCUT2D eigenvalue weighted by Crippen LogP contribution is 2.15. The van der Waals surface area contributed by atoms with Gasteiger partial charge in [0.05, 0.1) is 5.56 Å². The van der Waals surface area contributed by atoms with E-state index in [1.807, 2.05) is 24.3 Å². The summed E-state index contributed by atoms with van der Waals surface area (Å²) in [5, 5.41) is 3.87. The maximum Gasteiger partial charge on any atom is 0.252 e. The third kappa shape index (κ3) is 4.34. The van der Waals surface area contributed by atoms with Gasteiger partial charge in [-0.25, -0.2) is 0 Å². The lowest BCUT2D eigenvalue weighted by atomic mass is 10.2. The maximum absolute atomic E-state index is 11.7. The van der Waals surface area contributed by atoms with E-state index in [9.17, 15) is 4.79 Å². The van der Waals surface area contributed by atoms with Crippen LogP contribution >= 0.6 is 31.9 Å². The molecule has 0 bridgehead atoms. The van der Waals surface area contributed by atoms with Crippen LogP contribution in [0.25, 0.3) is 0 Å². The molecule has 1 rings (SSSR count). The number of carbonyl (C=O) groups excluding carboxylic acids is 1. The average Bonchev–Trinajstić information content (AvgIpc) is 2.25. The van der Waals surface area contributed by atoms with E-state index in [4.69, 9.17) is 0 Å². The van der Waals surface area contributed by atoms with Gasteiger partial charge in [0.15, 0.2) is 0 Å². The number of carbonyl (C=O) groups is 1. The number of unbranched alkanes of at least 4 members (excludes halogenated alkanes) is 1. The van der Waals surface area contributed by atoms with Crippen molar-refractivity contribution in [3.63, 3.8) is 0 Å². The summed E-state index contributed by atoms with van der Waals surface area (Å²) >= 11 is 6.70. The van der Waals surface area contributed by atoms with E-state index in [0.717, 1.165) is 29.2 Å². The molecular formula is C11H13Br2NO. The van der Waals surface area contributed by atoms with Gasteiger partial charge in [-0.3, -0.25) is 4.79 Å². The molecule has 4 heteroatoms. The van der Waals surface area contributed by atoms with Gasteiger partial charge in [-0.05, 0) is 40.9 Å². The summed E-state index contributed by atoms with van der Waals surface area (Å²) in [6.07, 6.45) is 2.08. The van der Waals surface area contributed by atoms with Gasteiger partial charge in [0, 0.05) is 16.3 Å². The summed E-state index contributed by atoms with van der Waals surface area (Å²) in [5.41, 5.74) is 0.691. The Labute approximate surface area is 107 Å². The molecule has 0 spiro atoms. The lowest BCUT2D eigenvalue weighted by Crippen LogP contribution is -2.24. The highest BCUT2D eigenvalue weighted by atomic mass is 79.9. The molecule has 1 N–H and O–H groups in total. The van der Waals surface area contributed by atoms with Crippen LogP contribution in [-0.2, 0) is 0 Å². The van der Waals surface area contributed by atoms with Crippen molar-refractivity contribution in [1.82, 2.24) is 5.32 Å². The van der Waals surface area contributed by atoms with E-state index in [0.29, 0.717) is 5.56 Å². The molecule has 15 heavy (non-hydrogen) atoms. The second-order valence-corrected chi connectivity index (χ2v) is 4.78. The Bertz CT molecular complexity index is 328. The molecule has 1 aromatic rings. The number of benzene rings is 1. The van der Waals surface area contributed by atoms with Crippen molar-refractivity contribution in [3.05, 3.63) is 34.3 Å². The van der Waals surface area contributed by atoms with Crippen molar-refractivity contribution < 1.29 is 4.79 Å². The van der Waals surface area contributed by atoms with Crippen molar-refractivity contribution in [2.45, 2.75) is 12.8 Å². The topological polar surface area (TPSA) is 29.1 Å². The van der Waals surface area contributed by atoms with Crippen LogP contribution in [0.5, 0.6) is 0 Å². The third-order valence-corrected chi connectivity index (χ3v) is 3.22. The number of hydrogen-bond donors (Lipinski definition) is 1. The predicted octanol–water partition coefficient (Wildman–Crippen LogP) is 3.35. The summed E-state index contributed by atoms with van der Waals surface area (Å²) in [7, 11) is 0. The minimum Gasteiger partial charge on any atom is -0.352 e. The monoisotopic (exact) mass is 333 g/mol. The lowest BCUT2D eigenvalue weighted by molar-refractivity contribution is 0.0952. The first-order valence-corrected chi connectivity index (χ1v) is 6.76. The highest BCUT2D eigenvalue weighted by molar-refractivity contribution is 9.10. The first-order valence-electron chi connectivity index (χ1n) is 4.84. The average molecular weight is 335 g/mol. The van der Waals surface area contributed by atoms with Gasteiger partial charge < -0.3 is 5.32 Å². The summed E-state index contributed by atoms with van der Waals surface area (Å²) < 4.78 is 0.836. The SMILES string of the molecule is O=C(NCCCCBr)c1ccccc1Br. The van der Waals surface area contributed by atoms with E-state index < -0.39 is 0 Å². The molecule has 82 valence electrons. The number of amides is 1. The highest BCUT2D eigenvalue weighted by Gasteiger charge is 2.07. The molecule has 0 aliphatic carbocycles. The Morgan fingerprint density at radius 3 is 2.67 bits per heavy atom. The molecule has 0 aliphatic heterocycles. The molecule has 0 aliphatic rings. The second kappa shape index (κ2) is 7.01. The Morgan fingerprint density at radius 2 is 2.00 bits per heavy atom. The molecule has 0 unspecified atom stereocenters. The van der Waals surface area contributed by atoms with Gasteiger partial charge in [-0.2, -0.15) is 0 Å². The van der Waals surface area contributed by atoms with Crippen LogP contribution in [0.15, 0.2) is 28.7 Å². The molecule has 0 fully saturated rings. The fourth-order valence-electron chi connectivity index (χ4n) is 1.16. The third-order valence-electron chi connectivity index (χ3n) is 1.96. The van der Waals surface area contributed by atoms with Gasteiger partial charge in [0.2, 0.25) is 0 Å². The number of hydrogen-bond acceptors (Lipinski definition) is 1. The number of nitrogens with one attached hydrogen (secondary N) is 1. The molecule has 2 nitrogen and oxygen atoms in total. The van der Waals surface area contributed by atoms with Gasteiger partial charge >= 0.3 is 0 Å². The van der Waals surface area contributed by atoms with Gasteiger partial charge in [-0.15, -0.1) is 0 Å². The Hall–Kier alpha value is -0.350. The van der Waals surface area contributed by atoms with Crippen LogP contribution in [0.3, 0.4) is 0 Å². The van der Waals surface area contributed by atoms with Crippen molar-refractivity contribution in [2.24, 2.45) is 0 Å². The molecule has 0 aromatic heterocycles. The van der Waals surface area contributed by atoms with Crippen molar-refractivity contribution in [2.75, 3.05) is 11.9 Å². The van der Waals surface area contributed by atoms with Crippen LogP contribution in [0.2, 0.25) is 0 Å².